The molecule has 0 N–H and O–H groups in total. The Hall–Kier alpha value is -0.810. The van der Waals surface area contributed by atoms with Crippen LogP contribution in [-0.2, 0) is 4.79 Å². The molecule has 0 bridgehead atoms. The minimum atomic E-state index is -4.56. The summed E-state index contributed by atoms with van der Waals surface area (Å²) in [5.74, 6) is -5.79. The highest BCUT2D eigenvalue weighted by Crippen LogP contribution is 2.38. The van der Waals surface area contributed by atoms with Crippen LogP contribution < -0.4 is 0 Å². The van der Waals surface area contributed by atoms with Crippen LogP contribution in [0.5, 0.6) is 0 Å². The van der Waals surface area contributed by atoms with E-state index in [0.717, 1.165) is 13.5 Å². The molecule has 0 spiro atoms. The minimum absolute atomic E-state index is 0.127. The largest absolute Gasteiger partial charge is 0.383 e. The van der Waals surface area contributed by atoms with Crippen molar-refractivity contribution in [2.75, 3.05) is 13.6 Å². The number of carbonyl (C=O) groups is 1. The normalized spacial score (nSPS) is 25.5. The molecule has 1 fully saturated rings. The van der Waals surface area contributed by atoms with Crippen molar-refractivity contribution in [3.05, 3.63) is 0 Å². The van der Waals surface area contributed by atoms with Gasteiger partial charge in [0, 0.05) is 13.6 Å². The fourth-order valence-corrected chi connectivity index (χ4v) is 1.44. The molecular formula is C9H13F4NO. The van der Waals surface area contributed by atoms with Crippen molar-refractivity contribution in [3.63, 3.8) is 0 Å². The fraction of sp³-hybridized carbons (Fsp3) is 0.889. The molecule has 0 saturated heterocycles. The second-order valence-corrected chi connectivity index (χ2v) is 4.08. The zero-order valence-corrected chi connectivity index (χ0v) is 8.51. The summed E-state index contributed by atoms with van der Waals surface area (Å²) in [5.41, 5.74) is 0. The molecule has 1 rings (SSSR count). The van der Waals surface area contributed by atoms with Crippen LogP contribution in [0.4, 0.5) is 17.6 Å². The van der Waals surface area contributed by atoms with Gasteiger partial charge < -0.3 is 4.90 Å². The van der Waals surface area contributed by atoms with E-state index in [2.05, 4.69) is 0 Å². The highest BCUT2D eigenvalue weighted by atomic mass is 19.3. The van der Waals surface area contributed by atoms with Gasteiger partial charge in [-0.2, -0.15) is 8.78 Å². The SMILES string of the molecule is CC1CC1CN(C)C(=O)C(F)(F)C(F)F. The predicted molar refractivity (Wildman–Crippen MR) is 45.9 cm³/mol. The summed E-state index contributed by atoms with van der Waals surface area (Å²) >= 11 is 0. The third kappa shape index (κ3) is 2.60. The van der Waals surface area contributed by atoms with Crippen molar-refractivity contribution < 1.29 is 22.4 Å². The molecule has 0 aliphatic heterocycles. The number of halogens is 4. The van der Waals surface area contributed by atoms with Crippen LogP contribution >= 0.6 is 0 Å². The number of rotatable bonds is 4. The van der Waals surface area contributed by atoms with Gasteiger partial charge >= 0.3 is 12.3 Å². The van der Waals surface area contributed by atoms with Gasteiger partial charge in [0.15, 0.2) is 0 Å². The molecule has 2 unspecified atom stereocenters. The Balaban J connectivity index is 2.51. The number of amides is 1. The number of nitrogens with zero attached hydrogens (tertiary/aromatic N) is 1. The van der Waals surface area contributed by atoms with Crippen LogP contribution in [0.1, 0.15) is 13.3 Å². The van der Waals surface area contributed by atoms with Gasteiger partial charge in [-0.15, -0.1) is 0 Å². The fourth-order valence-electron chi connectivity index (χ4n) is 1.44. The lowest BCUT2D eigenvalue weighted by Gasteiger charge is -2.22. The Morgan fingerprint density at radius 1 is 1.53 bits per heavy atom. The maximum Gasteiger partial charge on any atom is 0.383 e. The Bertz CT molecular complexity index is 256. The second-order valence-electron chi connectivity index (χ2n) is 4.08. The van der Waals surface area contributed by atoms with E-state index in [4.69, 9.17) is 0 Å². The minimum Gasteiger partial charge on any atom is -0.340 e. The Labute approximate surface area is 85.2 Å². The molecule has 0 radical (unpaired) electrons. The summed E-state index contributed by atoms with van der Waals surface area (Å²) in [4.78, 5) is 11.7. The number of alkyl halides is 4. The summed E-state index contributed by atoms with van der Waals surface area (Å²) in [6, 6.07) is 0. The number of hydrogen-bond acceptors (Lipinski definition) is 1. The number of carbonyl (C=O) groups excluding carboxylic acids is 1. The first-order valence-corrected chi connectivity index (χ1v) is 4.68. The lowest BCUT2D eigenvalue weighted by molar-refractivity contribution is -0.179. The predicted octanol–water partition coefficient (Wildman–Crippen LogP) is 2.00. The lowest BCUT2D eigenvalue weighted by Crippen LogP contribution is -2.46. The summed E-state index contributed by atoms with van der Waals surface area (Å²) in [5, 5.41) is 0. The van der Waals surface area contributed by atoms with E-state index in [1.165, 1.54) is 0 Å². The molecule has 88 valence electrons. The lowest BCUT2D eigenvalue weighted by atomic mass is 10.2. The standard InChI is InChI=1S/C9H13F4NO/c1-5-3-6(5)4-14(2)8(15)9(12,13)7(10)11/h5-7H,3-4H2,1-2H3. The molecule has 2 nitrogen and oxygen atoms in total. The molecule has 0 aromatic rings. The van der Waals surface area contributed by atoms with E-state index in [0.29, 0.717) is 10.8 Å². The van der Waals surface area contributed by atoms with E-state index in [9.17, 15) is 22.4 Å². The van der Waals surface area contributed by atoms with Crippen LogP contribution in [0.25, 0.3) is 0 Å². The zero-order chi connectivity index (χ0) is 11.8. The first kappa shape index (κ1) is 12.3. The average molecular weight is 227 g/mol. The van der Waals surface area contributed by atoms with E-state index >= 15 is 0 Å². The smallest absolute Gasteiger partial charge is 0.340 e. The van der Waals surface area contributed by atoms with Crippen LogP contribution in [0.3, 0.4) is 0 Å². The van der Waals surface area contributed by atoms with Gasteiger partial charge in [0.25, 0.3) is 5.91 Å². The van der Waals surface area contributed by atoms with Gasteiger partial charge in [0.1, 0.15) is 0 Å². The van der Waals surface area contributed by atoms with Gasteiger partial charge in [0.2, 0.25) is 0 Å². The van der Waals surface area contributed by atoms with E-state index in [1.54, 1.807) is 0 Å². The van der Waals surface area contributed by atoms with E-state index < -0.39 is 18.3 Å². The highest BCUT2D eigenvalue weighted by Gasteiger charge is 2.51. The first-order chi connectivity index (χ1) is 6.76. The Morgan fingerprint density at radius 2 is 2.00 bits per heavy atom. The van der Waals surface area contributed by atoms with Gasteiger partial charge in [-0.3, -0.25) is 4.79 Å². The van der Waals surface area contributed by atoms with Crippen molar-refractivity contribution in [1.29, 1.82) is 0 Å². The van der Waals surface area contributed by atoms with Gasteiger partial charge in [0.05, 0.1) is 0 Å². The summed E-state index contributed by atoms with van der Waals surface area (Å²) in [6.45, 7) is 2.05. The van der Waals surface area contributed by atoms with Crippen molar-refractivity contribution in [3.8, 4) is 0 Å². The van der Waals surface area contributed by atoms with Crippen molar-refractivity contribution >= 4 is 5.91 Å². The third-order valence-electron chi connectivity index (χ3n) is 2.69. The Kier molecular flexibility index (Phi) is 3.25. The average Bonchev–Trinajstić information content (AvgIpc) is 2.79. The molecule has 1 aliphatic rings. The van der Waals surface area contributed by atoms with Crippen molar-refractivity contribution in [2.45, 2.75) is 25.7 Å². The molecule has 2 atom stereocenters. The van der Waals surface area contributed by atoms with Crippen LogP contribution in [-0.4, -0.2) is 36.7 Å². The molecule has 6 heteroatoms. The maximum absolute atomic E-state index is 12.6. The van der Waals surface area contributed by atoms with Crippen molar-refractivity contribution in [1.82, 2.24) is 4.90 Å². The molecule has 1 saturated carbocycles. The van der Waals surface area contributed by atoms with E-state index in [-0.39, 0.29) is 12.5 Å². The molecule has 0 aromatic carbocycles. The third-order valence-corrected chi connectivity index (χ3v) is 2.69. The van der Waals surface area contributed by atoms with Gasteiger partial charge in [-0.25, -0.2) is 8.78 Å². The molecular weight excluding hydrogens is 214 g/mol. The summed E-state index contributed by atoms with van der Waals surface area (Å²) in [7, 11) is 1.13. The van der Waals surface area contributed by atoms with E-state index in [1.807, 2.05) is 6.92 Å². The molecule has 1 amide bonds. The zero-order valence-electron chi connectivity index (χ0n) is 8.51. The van der Waals surface area contributed by atoms with Crippen LogP contribution in [0.15, 0.2) is 0 Å². The second kappa shape index (κ2) is 3.98. The quantitative estimate of drug-likeness (QED) is 0.673. The molecule has 15 heavy (non-hydrogen) atoms. The molecule has 0 heterocycles. The monoisotopic (exact) mass is 227 g/mol. The highest BCUT2D eigenvalue weighted by molar-refractivity contribution is 5.83. The molecule has 0 aromatic heterocycles. The van der Waals surface area contributed by atoms with Crippen molar-refractivity contribution in [2.24, 2.45) is 11.8 Å². The van der Waals surface area contributed by atoms with Gasteiger partial charge in [-0.05, 0) is 18.3 Å². The topological polar surface area (TPSA) is 20.3 Å². The Morgan fingerprint density at radius 3 is 2.33 bits per heavy atom. The van der Waals surface area contributed by atoms with Gasteiger partial charge in [-0.1, -0.05) is 6.92 Å². The molecule has 1 aliphatic carbocycles. The van der Waals surface area contributed by atoms with Crippen LogP contribution in [0, 0.1) is 11.8 Å². The summed E-state index contributed by atoms with van der Waals surface area (Å²) in [6.07, 6.45) is -3.08. The number of hydrogen-bond donors (Lipinski definition) is 0. The van der Waals surface area contributed by atoms with Crippen LogP contribution in [0.2, 0.25) is 0 Å². The maximum atomic E-state index is 12.6. The summed E-state index contributed by atoms with van der Waals surface area (Å²) < 4.78 is 48.9. The first-order valence-electron chi connectivity index (χ1n) is 4.68.